The van der Waals surface area contributed by atoms with Crippen LogP contribution >= 0.6 is 0 Å². The van der Waals surface area contributed by atoms with Crippen LogP contribution in [0.3, 0.4) is 0 Å². The first kappa shape index (κ1) is 47.7. The normalized spacial score (nSPS) is 13.1. The highest BCUT2D eigenvalue weighted by Gasteiger charge is 2.30. The second kappa shape index (κ2) is 15.9. The van der Waals surface area contributed by atoms with Crippen molar-refractivity contribution in [2.24, 2.45) is 0 Å². The molecule has 0 N–H and O–H groups in total. The van der Waals surface area contributed by atoms with Gasteiger partial charge in [-0.25, -0.2) is 17.6 Å². The minimum atomic E-state index is -0.695. The number of hydrogen-bond acceptors (Lipinski definition) is 0. The maximum absolute atomic E-state index is 16.1. The predicted octanol–water partition coefficient (Wildman–Crippen LogP) is 23.2. The first-order valence-corrected chi connectivity index (χ1v) is 28.5. The number of halogens is 4. The molecule has 0 saturated heterocycles. The van der Waals surface area contributed by atoms with Gasteiger partial charge in [0.1, 0.15) is 23.3 Å². The molecular weight excluding hydrogens is 1010 g/mol. The Hall–Kier alpha value is -9.12. The Morgan fingerprint density at radius 1 is 0.256 bits per heavy atom. The first-order valence-electron chi connectivity index (χ1n) is 28.5. The summed E-state index contributed by atoms with van der Waals surface area (Å²) in [6.07, 6.45) is 0. The van der Waals surface area contributed by atoms with Gasteiger partial charge < -0.3 is 0 Å². The molecule has 0 atom stereocenters. The Morgan fingerprint density at radius 2 is 0.610 bits per heavy atom. The quantitative estimate of drug-likeness (QED) is 0.0940. The zero-order valence-electron chi connectivity index (χ0n) is 46.7. The van der Waals surface area contributed by atoms with Gasteiger partial charge >= 0.3 is 0 Å². The van der Waals surface area contributed by atoms with Crippen LogP contribution in [0.4, 0.5) is 17.6 Å². The van der Waals surface area contributed by atoms with Crippen LogP contribution in [-0.4, -0.2) is 0 Å². The van der Waals surface area contributed by atoms with Crippen molar-refractivity contribution in [1.82, 2.24) is 0 Å². The third-order valence-electron chi connectivity index (χ3n) is 18.9. The van der Waals surface area contributed by atoms with E-state index in [4.69, 9.17) is 0 Å². The molecule has 0 amide bonds. The van der Waals surface area contributed by atoms with Gasteiger partial charge in [-0.05, 0) is 269 Å². The average Bonchev–Trinajstić information content (AvgIpc) is 1.53. The maximum atomic E-state index is 16.1. The highest BCUT2D eigenvalue weighted by atomic mass is 19.1. The third-order valence-corrected chi connectivity index (χ3v) is 18.9. The summed E-state index contributed by atoms with van der Waals surface area (Å²) in [5, 5.41) is 27.4. The van der Waals surface area contributed by atoms with Crippen LogP contribution < -0.4 is 0 Å². The summed E-state index contributed by atoms with van der Waals surface area (Å²) in [4.78, 5) is 0. The number of hydrogen-bond donors (Lipinski definition) is 0. The molecule has 17 rings (SSSR count). The summed E-state index contributed by atoms with van der Waals surface area (Å²) >= 11 is 0. The number of rotatable bonds is 3. The van der Waals surface area contributed by atoms with Gasteiger partial charge in [0.25, 0.3) is 0 Å². The van der Waals surface area contributed by atoms with E-state index in [0.717, 1.165) is 114 Å². The van der Waals surface area contributed by atoms with Crippen LogP contribution in [0.1, 0.15) is 63.8 Å². The van der Waals surface area contributed by atoms with Crippen LogP contribution in [0.2, 0.25) is 0 Å². The van der Waals surface area contributed by atoms with Gasteiger partial charge in [0.2, 0.25) is 0 Å². The van der Waals surface area contributed by atoms with Gasteiger partial charge in [0.05, 0.1) is 0 Å². The summed E-state index contributed by atoms with van der Waals surface area (Å²) in [6.45, 7) is 17.9. The summed E-state index contributed by atoms with van der Waals surface area (Å²) < 4.78 is 64.4. The standard InChI is InChI=1S/C78H52F4/c1-37-11-9-12-38(2)66(37)50-15-16-51-53-18-20-55-61-36-65-64(35-60(61)54-19-17-52(71(53)72(54)55)49-14-10-13-48(50)70(49)51)68(40-27-44(79)33-45(80)28-40)75-58-23-21-56-62-31-42(77(3,4)5)25-39-26-43(78(6,7)8)32-63(67(39)62)57-22-24-59(74(58)73(56)57)76(75)69(65)41-29-46(81)34-47(82)30-41/h9-36H,1-8H3. The van der Waals surface area contributed by atoms with Gasteiger partial charge in [-0.1, -0.05) is 151 Å². The minimum Gasteiger partial charge on any atom is -0.207 e. The zero-order chi connectivity index (χ0) is 55.9. The van der Waals surface area contributed by atoms with Crippen LogP contribution in [0.15, 0.2) is 170 Å². The second-order valence-electron chi connectivity index (χ2n) is 25.7. The van der Waals surface area contributed by atoms with E-state index in [1.165, 1.54) is 95.3 Å². The van der Waals surface area contributed by atoms with Crippen molar-refractivity contribution in [1.29, 1.82) is 0 Å². The van der Waals surface area contributed by atoms with E-state index >= 15 is 17.6 Å². The summed E-state index contributed by atoms with van der Waals surface area (Å²) in [7, 11) is 0. The van der Waals surface area contributed by atoms with Crippen LogP contribution in [-0.2, 0) is 10.8 Å². The fourth-order valence-corrected chi connectivity index (χ4v) is 15.4. The van der Waals surface area contributed by atoms with E-state index in [-0.39, 0.29) is 10.8 Å². The largest absolute Gasteiger partial charge is 0.207 e. The van der Waals surface area contributed by atoms with E-state index in [0.29, 0.717) is 22.3 Å². The molecule has 0 heterocycles. The Labute approximate surface area is 470 Å². The number of aryl methyl sites for hydroxylation is 2. The van der Waals surface area contributed by atoms with Gasteiger partial charge in [0.15, 0.2) is 0 Å². The monoisotopic (exact) mass is 1060 g/mol. The Bertz CT molecular complexity index is 5370. The van der Waals surface area contributed by atoms with Gasteiger partial charge in [0, 0.05) is 12.1 Å². The molecule has 0 radical (unpaired) electrons. The molecule has 0 aliphatic rings. The third kappa shape index (κ3) is 6.22. The van der Waals surface area contributed by atoms with Gasteiger partial charge in [-0.2, -0.15) is 0 Å². The molecule has 0 aliphatic carbocycles. The van der Waals surface area contributed by atoms with Crippen LogP contribution in [0.25, 0.3) is 173 Å². The van der Waals surface area contributed by atoms with Crippen molar-refractivity contribution in [2.75, 3.05) is 0 Å². The lowest BCUT2D eigenvalue weighted by atomic mass is 9.79. The van der Waals surface area contributed by atoms with Crippen molar-refractivity contribution in [3.05, 3.63) is 215 Å². The van der Waals surface area contributed by atoms with Crippen molar-refractivity contribution in [3.63, 3.8) is 0 Å². The predicted molar refractivity (Wildman–Crippen MR) is 342 cm³/mol. The number of fused-ring (bicyclic) bond motifs is 11. The minimum absolute atomic E-state index is 0.142. The zero-order valence-corrected chi connectivity index (χ0v) is 46.7. The molecule has 0 saturated carbocycles. The smallest absolute Gasteiger partial charge is 0.126 e. The summed E-state index contributed by atoms with van der Waals surface area (Å²) in [5.41, 5.74) is 9.23. The van der Waals surface area contributed by atoms with E-state index < -0.39 is 23.3 Å². The fourth-order valence-electron chi connectivity index (χ4n) is 15.4. The molecule has 17 aromatic rings. The lowest BCUT2D eigenvalue weighted by Gasteiger charge is -2.25. The van der Waals surface area contributed by atoms with Crippen LogP contribution in [0.5, 0.6) is 0 Å². The van der Waals surface area contributed by atoms with E-state index in [1.807, 2.05) is 0 Å². The van der Waals surface area contributed by atoms with E-state index in [9.17, 15) is 0 Å². The molecule has 0 fully saturated rings. The molecule has 392 valence electrons. The Morgan fingerprint density at radius 3 is 1.06 bits per heavy atom. The van der Waals surface area contributed by atoms with Crippen molar-refractivity contribution in [3.8, 4) is 33.4 Å². The number of benzene rings is 15. The highest BCUT2D eigenvalue weighted by Crippen LogP contribution is 2.57. The maximum Gasteiger partial charge on any atom is 0.126 e. The molecule has 0 aromatic heterocycles. The molecule has 4 heteroatoms. The van der Waals surface area contributed by atoms with Gasteiger partial charge in [-0.3, -0.25) is 0 Å². The highest BCUT2D eigenvalue weighted by molar-refractivity contribution is 6.48. The molecule has 0 bridgehead atoms. The molecule has 0 aliphatic heterocycles. The molecular formula is C78H52F4. The van der Waals surface area contributed by atoms with Gasteiger partial charge in [-0.15, -0.1) is 0 Å². The van der Waals surface area contributed by atoms with E-state index in [1.54, 1.807) is 0 Å². The molecule has 17 aromatic carbocycles. The summed E-state index contributed by atoms with van der Waals surface area (Å²) in [6, 6.07) is 57.0. The second-order valence-corrected chi connectivity index (χ2v) is 25.7. The molecule has 0 spiro atoms. The van der Waals surface area contributed by atoms with Crippen molar-refractivity contribution < 1.29 is 17.6 Å². The molecule has 0 nitrogen and oxygen atoms in total. The topological polar surface area (TPSA) is 0 Å². The average molecular weight is 1070 g/mol. The molecule has 0 unspecified atom stereocenters. The van der Waals surface area contributed by atoms with E-state index in [2.05, 4.69) is 189 Å². The summed E-state index contributed by atoms with van der Waals surface area (Å²) in [5.74, 6) is -2.78. The fraction of sp³-hybridized carbons (Fsp3) is 0.128. The SMILES string of the molecule is Cc1cccc(C)c1-c1ccc2c3ccc4c5cc6c(-c7cc(F)cc(F)c7)c7c8ccc9c%10cc(C(C)(C)C)cc%11cc(C(C)(C)C)cc(c%12ccc(c7c(-c7cc(F)cc(F)c7)c6cc5c5ccc(c6cccc1c62)c3c54)c8c%129)c%11%10. The molecule has 82 heavy (non-hydrogen) atoms. The van der Waals surface area contributed by atoms with Crippen molar-refractivity contribution in [2.45, 2.75) is 66.2 Å². The first-order chi connectivity index (χ1) is 39.4. The van der Waals surface area contributed by atoms with Crippen molar-refractivity contribution >= 4 is 140 Å². The van der Waals surface area contributed by atoms with Crippen LogP contribution in [0, 0.1) is 37.1 Å². The Kier molecular flexibility index (Phi) is 9.22. The lowest BCUT2D eigenvalue weighted by Crippen LogP contribution is -2.12. The lowest BCUT2D eigenvalue weighted by molar-refractivity contribution is 0.583. The Balaban J connectivity index is 1.06.